The van der Waals surface area contributed by atoms with Crippen molar-refractivity contribution in [2.24, 2.45) is 17.1 Å². The van der Waals surface area contributed by atoms with Crippen LogP contribution in [-0.2, 0) is 6.54 Å². The highest BCUT2D eigenvalue weighted by Crippen LogP contribution is 2.31. The van der Waals surface area contributed by atoms with Crippen LogP contribution in [0.4, 0.5) is 0 Å². The fraction of sp³-hybridized carbons (Fsp3) is 0.800. The minimum absolute atomic E-state index is 0.367. The Kier molecular flexibility index (Phi) is 6.97. The Bertz CT molecular complexity index is 355. The quantitative estimate of drug-likeness (QED) is 0.720. The molecule has 3 N–H and O–H groups in total. The summed E-state index contributed by atoms with van der Waals surface area (Å²) < 4.78 is 0. The molecule has 0 spiro atoms. The number of rotatable bonds is 8. The van der Waals surface area contributed by atoms with E-state index in [9.17, 15) is 0 Å². The summed E-state index contributed by atoms with van der Waals surface area (Å²) in [5.74, 6) is 0.724. The van der Waals surface area contributed by atoms with Crippen LogP contribution in [0.15, 0.2) is 5.38 Å². The molecule has 1 aromatic rings. The van der Waals surface area contributed by atoms with Gasteiger partial charge in [0.1, 0.15) is 5.01 Å². The smallest absolute Gasteiger partial charge is 0.107 e. The van der Waals surface area contributed by atoms with Crippen molar-refractivity contribution in [3.8, 4) is 0 Å². The molecule has 110 valence electrons. The van der Waals surface area contributed by atoms with E-state index >= 15 is 0 Å². The molecule has 0 bridgehead atoms. The molecule has 0 fully saturated rings. The molecule has 0 aliphatic heterocycles. The normalized spacial score (nSPS) is 13.7. The van der Waals surface area contributed by atoms with E-state index < -0.39 is 0 Å². The third-order valence-corrected chi connectivity index (χ3v) is 4.56. The number of thiazole rings is 1. The largest absolute Gasteiger partial charge is 0.330 e. The third-order valence-electron chi connectivity index (χ3n) is 3.59. The summed E-state index contributed by atoms with van der Waals surface area (Å²) in [6, 6.07) is 0. The van der Waals surface area contributed by atoms with E-state index in [1.165, 1.54) is 17.8 Å². The van der Waals surface area contributed by atoms with E-state index in [2.05, 4.69) is 36.5 Å². The first-order chi connectivity index (χ1) is 8.93. The molecule has 0 aliphatic rings. The molecule has 4 heteroatoms. The summed E-state index contributed by atoms with van der Waals surface area (Å²) in [4.78, 5) is 4.45. The molecular weight excluding hydrogens is 254 g/mol. The summed E-state index contributed by atoms with van der Waals surface area (Å²) >= 11 is 1.74. The van der Waals surface area contributed by atoms with E-state index in [0.717, 1.165) is 37.7 Å². The monoisotopic (exact) mass is 283 g/mol. The first kappa shape index (κ1) is 16.6. The van der Waals surface area contributed by atoms with Gasteiger partial charge in [-0.1, -0.05) is 20.8 Å². The standard InChI is InChI=1S/C15H29N3S/c1-12-11-19-14(18-12)10-17-9-5-6-13(7-8-16)15(2,3)4/h11,13,17H,5-10,16H2,1-4H3. The summed E-state index contributed by atoms with van der Waals surface area (Å²) in [5.41, 5.74) is 7.20. The van der Waals surface area contributed by atoms with Crippen LogP contribution in [0.1, 0.15) is 50.7 Å². The predicted octanol–water partition coefficient (Wildman–Crippen LogP) is 3.33. The van der Waals surface area contributed by atoms with Crippen LogP contribution in [-0.4, -0.2) is 18.1 Å². The van der Waals surface area contributed by atoms with Crippen molar-refractivity contribution >= 4 is 11.3 Å². The van der Waals surface area contributed by atoms with Gasteiger partial charge in [0.25, 0.3) is 0 Å². The lowest BCUT2D eigenvalue weighted by atomic mass is 9.76. The molecule has 3 nitrogen and oxygen atoms in total. The van der Waals surface area contributed by atoms with Crippen molar-refractivity contribution in [1.82, 2.24) is 10.3 Å². The SMILES string of the molecule is Cc1csc(CNCCCC(CCN)C(C)(C)C)n1. The van der Waals surface area contributed by atoms with E-state index in [1.807, 2.05) is 6.92 Å². The molecule has 0 radical (unpaired) electrons. The van der Waals surface area contributed by atoms with Crippen LogP contribution < -0.4 is 11.1 Å². The van der Waals surface area contributed by atoms with Crippen molar-refractivity contribution in [2.75, 3.05) is 13.1 Å². The van der Waals surface area contributed by atoms with Crippen LogP contribution >= 0.6 is 11.3 Å². The fourth-order valence-electron chi connectivity index (χ4n) is 2.36. The van der Waals surface area contributed by atoms with Crippen molar-refractivity contribution in [3.05, 3.63) is 16.1 Å². The zero-order chi connectivity index (χ0) is 14.3. The van der Waals surface area contributed by atoms with Crippen LogP contribution in [0.5, 0.6) is 0 Å². The highest BCUT2D eigenvalue weighted by atomic mass is 32.1. The van der Waals surface area contributed by atoms with Crippen molar-refractivity contribution in [3.63, 3.8) is 0 Å². The van der Waals surface area contributed by atoms with Gasteiger partial charge in [0.15, 0.2) is 0 Å². The Balaban J connectivity index is 2.18. The molecule has 0 saturated heterocycles. The Hall–Kier alpha value is -0.450. The number of aryl methyl sites for hydroxylation is 1. The molecule has 0 aliphatic carbocycles. The molecule has 1 unspecified atom stereocenters. The van der Waals surface area contributed by atoms with Gasteiger partial charge < -0.3 is 11.1 Å². The van der Waals surface area contributed by atoms with Crippen molar-refractivity contribution in [1.29, 1.82) is 0 Å². The molecule has 0 aromatic carbocycles. The predicted molar refractivity (Wildman–Crippen MR) is 84.4 cm³/mol. The lowest BCUT2D eigenvalue weighted by Crippen LogP contribution is -2.25. The molecule has 1 rings (SSSR count). The minimum atomic E-state index is 0.367. The van der Waals surface area contributed by atoms with Crippen LogP contribution in [0, 0.1) is 18.3 Å². The first-order valence-electron chi connectivity index (χ1n) is 7.25. The van der Waals surface area contributed by atoms with Crippen molar-refractivity contribution in [2.45, 2.75) is 53.5 Å². The zero-order valence-electron chi connectivity index (χ0n) is 12.8. The number of nitrogens with zero attached hydrogens (tertiary/aromatic N) is 1. The molecule has 1 heterocycles. The van der Waals surface area contributed by atoms with E-state index in [4.69, 9.17) is 5.73 Å². The minimum Gasteiger partial charge on any atom is -0.330 e. The van der Waals surface area contributed by atoms with Gasteiger partial charge in [0.2, 0.25) is 0 Å². The molecule has 0 saturated carbocycles. The average molecular weight is 283 g/mol. The van der Waals surface area contributed by atoms with Gasteiger partial charge in [-0.05, 0) is 50.6 Å². The van der Waals surface area contributed by atoms with Gasteiger partial charge in [0, 0.05) is 17.6 Å². The van der Waals surface area contributed by atoms with Crippen molar-refractivity contribution < 1.29 is 0 Å². The highest BCUT2D eigenvalue weighted by Gasteiger charge is 2.22. The number of hydrogen-bond acceptors (Lipinski definition) is 4. The number of nitrogens with two attached hydrogens (primary N) is 1. The average Bonchev–Trinajstić information content (AvgIpc) is 2.72. The third kappa shape index (κ3) is 6.50. The maximum Gasteiger partial charge on any atom is 0.107 e. The number of aromatic nitrogens is 1. The van der Waals surface area contributed by atoms with Gasteiger partial charge in [-0.25, -0.2) is 4.98 Å². The number of nitrogens with one attached hydrogen (secondary N) is 1. The van der Waals surface area contributed by atoms with Gasteiger partial charge in [-0.3, -0.25) is 0 Å². The second kappa shape index (κ2) is 7.98. The first-order valence-corrected chi connectivity index (χ1v) is 8.13. The number of hydrogen-bond donors (Lipinski definition) is 2. The highest BCUT2D eigenvalue weighted by molar-refractivity contribution is 7.09. The summed E-state index contributed by atoms with van der Waals surface area (Å²) in [6.45, 7) is 11.8. The fourth-order valence-corrected chi connectivity index (χ4v) is 3.11. The Morgan fingerprint density at radius 2 is 2.11 bits per heavy atom. The molecule has 19 heavy (non-hydrogen) atoms. The molecule has 1 aromatic heterocycles. The molecular formula is C15H29N3S. The van der Waals surface area contributed by atoms with Gasteiger partial charge in [-0.15, -0.1) is 11.3 Å². The van der Waals surface area contributed by atoms with Gasteiger partial charge >= 0.3 is 0 Å². The zero-order valence-corrected chi connectivity index (χ0v) is 13.6. The lowest BCUT2D eigenvalue weighted by molar-refractivity contribution is 0.210. The van der Waals surface area contributed by atoms with Crippen LogP contribution in [0.25, 0.3) is 0 Å². The van der Waals surface area contributed by atoms with Gasteiger partial charge in [0.05, 0.1) is 0 Å². The molecule has 0 amide bonds. The summed E-state index contributed by atoms with van der Waals surface area (Å²) in [7, 11) is 0. The van der Waals surface area contributed by atoms with Gasteiger partial charge in [-0.2, -0.15) is 0 Å². The van der Waals surface area contributed by atoms with E-state index in [1.54, 1.807) is 11.3 Å². The maximum atomic E-state index is 5.71. The lowest BCUT2D eigenvalue weighted by Gasteiger charge is -2.30. The topological polar surface area (TPSA) is 50.9 Å². The second-order valence-electron chi connectivity index (χ2n) is 6.34. The van der Waals surface area contributed by atoms with Crippen LogP contribution in [0.2, 0.25) is 0 Å². The Morgan fingerprint density at radius 1 is 1.37 bits per heavy atom. The van der Waals surface area contributed by atoms with E-state index in [-0.39, 0.29) is 0 Å². The Labute approximate surface area is 122 Å². The Morgan fingerprint density at radius 3 is 2.63 bits per heavy atom. The van der Waals surface area contributed by atoms with E-state index in [0.29, 0.717) is 5.41 Å². The second-order valence-corrected chi connectivity index (χ2v) is 7.28. The summed E-state index contributed by atoms with van der Waals surface area (Å²) in [5, 5.41) is 6.77. The molecule has 1 atom stereocenters. The summed E-state index contributed by atoms with van der Waals surface area (Å²) in [6.07, 6.45) is 3.60. The maximum absolute atomic E-state index is 5.71. The van der Waals surface area contributed by atoms with Crippen LogP contribution in [0.3, 0.4) is 0 Å².